The highest BCUT2D eigenvalue weighted by atomic mass is 16.1. The van der Waals surface area contributed by atoms with Gasteiger partial charge in [0, 0.05) is 37.4 Å². The van der Waals surface area contributed by atoms with Crippen LogP contribution in [0.15, 0.2) is 18.5 Å². The molecule has 0 spiro atoms. The third-order valence-corrected chi connectivity index (χ3v) is 2.31. The van der Waals surface area contributed by atoms with Gasteiger partial charge >= 0.3 is 0 Å². The van der Waals surface area contributed by atoms with Gasteiger partial charge in [0.2, 0.25) is 5.91 Å². The molecule has 0 fully saturated rings. The number of hydrogen-bond donors (Lipinski definition) is 2. The molecule has 0 saturated heterocycles. The van der Waals surface area contributed by atoms with Crippen molar-refractivity contribution in [1.29, 1.82) is 0 Å². The third kappa shape index (κ3) is 6.06. The zero-order valence-corrected chi connectivity index (χ0v) is 10.8. The van der Waals surface area contributed by atoms with Crippen molar-refractivity contribution in [2.45, 2.75) is 45.8 Å². The Morgan fingerprint density at radius 3 is 2.76 bits per heavy atom. The molecule has 5 heteroatoms. The van der Waals surface area contributed by atoms with Crippen LogP contribution in [-0.2, 0) is 11.3 Å². The topological polar surface area (TPSA) is 59.0 Å². The van der Waals surface area contributed by atoms with Crippen LogP contribution in [0.1, 0.15) is 27.2 Å². The van der Waals surface area contributed by atoms with E-state index in [2.05, 4.69) is 22.7 Å². The standard InChI is InChI=1S/C12H22N4O/c1-10(2)15-12(17)5-7-13-11(3)9-16-8-4-6-14-16/h4,6,8,10-11,13H,5,7,9H2,1-3H3,(H,15,17). The zero-order valence-electron chi connectivity index (χ0n) is 10.8. The molecule has 2 N–H and O–H groups in total. The summed E-state index contributed by atoms with van der Waals surface area (Å²) in [4.78, 5) is 11.4. The smallest absolute Gasteiger partial charge is 0.221 e. The minimum atomic E-state index is 0.0961. The van der Waals surface area contributed by atoms with Crippen molar-refractivity contribution in [3.63, 3.8) is 0 Å². The average molecular weight is 238 g/mol. The molecule has 1 aromatic rings. The van der Waals surface area contributed by atoms with Gasteiger partial charge in [0.05, 0.1) is 6.54 Å². The van der Waals surface area contributed by atoms with Crippen LogP contribution in [-0.4, -0.2) is 34.3 Å². The lowest BCUT2D eigenvalue weighted by molar-refractivity contribution is -0.121. The number of nitrogens with zero attached hydrogens (tertiary/aromatic N) is 2. The highest BCUT2D eigenvalue weighted by Gasteiger charge is 2.05. The highest BCUT2D eigenvalue weighted by Crippen LogP contribution is 1.91. The Kier molecular flexibility index (Phi) is 5.69. The molecule has 0 aromatic carbocycles. The van der Waals surface area contributed by atoms with Crippen molar-refractivity contribution in [3.8, 4) is 0 Å². The summed E-state index contributed by atoms with van der Waals surface area (Å²) >= 11 is 0. The summed E-state index contributed by atoms with van der Waals surface area (Å²) in [5.41, 5.74) is 0. The van der Waals surface area contributed by atoms with Crippen LogP contribution in [0.3, 0.4) is 0 Å². The SMILES string of the molecule is CC(C)NC(=O)CCNC(C)Cn1cccn1. The van der Waals surface area contributed by atoms with E-state index in [4.69, 9.17) is 0 Å². The Morgan fingerprint density at radius 2 is 2.18 bits per heavy atom. The van der Waals surface area contributed by atoms with E-state index in [1.165, 1.54) is 0 Å². The minimum absolute atomic E-state index is 0.0961. The maximum atomic E-state index is 11.4. The molecule has 0 aliphatic rings. The number of aromatic nitrogens is 2. The van der Waals surface area contributed by atoms with Crippen LogP contribution in [0.5, 0.6) is 0 Å². The lowest BCUT2D eigenvalue weighted by Gasteiger charge is -2.14. The summed E-state index contributed by atoms with van der Waals surface area (Å²) in [7, 11) is 0. The van der Waals surface area contributed by atoms with E-state index in [0.29, 0.717) is 19.0 Å². The first kappa shape index (κ1) is 13.7. The molecule has 1 atom stereocenters. The first-order valence-corrected chi connectivity index (χ1v) is 6.08. The molecule has 0 radical (unpaired) electrons. The van der Waals surface area contributed by atoms with Gasteiger partial charge in [-0.05, 0) is 26.8 Å². The molecule has 0 aliphatic heterocycles. The Bertz CT molecular complexity index is 321. The van der Waals surface area contributed by atoms with Gasteiger partial charge in [-0.1, -0.05) is 0 Å². The molecule has 1 unspecified atom stereocenters. The van der Waals surface area contributed by atoms with Gasteiger partial charge in [-0.25, -0.2) is 0 Å². The van der Waals surface area contributed by atoms with Gasteiger partial charge in [-0.3, -0.25) is 9.48 Å². The molecular weight excluding hydrogens is 216 g/mol. The van der Waals surface area contributed by atoms with Gasteiger partial charge in [-0.2, -0.15) is 5.10 Å². The van der Waals surface area contributed by atoms with E-state index < -0.39 is 0 Å². The van der Waals surface area contributed by atoms with E-state index in [1.54, 1.807) is 6.20 Å². The molecule has 1 heterocycles. The summed E-state index contributed by atoms with van der Waals surface area (Å²) in [6, 6.07) is 2.42. The van der Waals surface area contributed by atoms with Gasteiger partial charge in [0.25, 0.3) is 0 Å². The van der Waals surface area contributed by atoms with Gasteiger partial charge in [-0.15, -0.1) is 0 Å². The average Bonchev–Trinajstić information content (AvgIpc) is 2.69. The van der Waals surface area contributed by atoms with Crippen LogP contribution in [0.2, 0.25) is 0 Å². The highest BCUT2D eigenvalue weighted by molar-refractivity contribution is 5.76. The number of nitrogens with one attached hydrogen (secondary N) is 2. The van der Waals surface area contributed by atoms with E-state index >= 15 is 0 Å². The van der Waals surface area contributed by atoms with Crippen molar-refractivity contribution in [2.24, 2.45) is 0 Å². The maximum Gasteiger partial charge on any atom is 0.221 e. The molecule has 5 nitrogen and oxygen atoms in total. The Labute approximate surface area is 103 Å². The molecular formula is C12H22N4O. The van der Waals surface area contributed by atoms with Gasteiger partial charge in [0.1, 0.15) is 0 Å². The number of amides is 1. The van der Waals surface area contributed by atoms with Crippen molar-refractivity contribution < 1.29 is 4.79 Å². The van der Waals surface area contributed by atoms with Crippen LogP contribution in [0.25, 0.3) is 0 Å². The Balaban J connectivity index is 2.12. The van der Waals surface area contributed by atoms with E-state index in [0.717, 1.165) is 6.54 Å². The normalized spacial score (nSPS) is 12.7. The maximum absolute atomic E-state index is 11.4. The van der Waals surface area contributed by atoms with Gasteiger partial charge in [0.15, 0.2) is 0 Å². The largest absolute Gasteiger partial charge is 0.354 e. The van der Waals surface area contributed by atoms with Crippen LogP contribution >= 0.6 is 0 Å². The first-order chi connectivity index (χ1) is 8.08. The molecule has 17 heavy (non-hydrogen) atoms. The predicted octanol–water partition coefficient (Wildman–Crippen LogP) is 0.776. The molecule has 1 amide bonds. The van der Waals surface area contributed by atoms with Crippen LogP contribution in [0.4, 0.5) is 0 Å². The fourth-order valence-corrected chi connectivity index (χ4v) is 1.58. The second-order valence-corrected chi connectivity index (χ2v) is 4.56. The fourth-order valence-electron chi connectivity index (χ4n) is 1.58. The summed E-state index contributed by atoms with van der Waals surface area (Å²) in [5, 5.41) is 10.3. The second kappa shape index (κ2) is 7.06. The minimum Gasteiger partial charge on any atom is -0.354 e. The van der Waals surface area contributed by atoms with Crippen molar-refractivity contribution in [2.75, 3.05) is 6.54 Å². The number of carbonyl (C=O) groups is 1. The predicted molar refractivity (Wildman–Crippen MR) is 67.6 cm³/mol. The zero-order chi connectivity index (χ0) is 12.7. The molecule has 0 bridgehead atoms. The summed E-state index contributed by atoms with van der Waals surface area (Å²) in [6.45, 7) is 7.53. The fraction of sp³-hybridized carbons (Fsp3) is 0.667. The van der Waals surface area contributed by atoms with E-state index in [1.807, 2.05) is 30.8 Å². The molecule has 0 aliphatic carbocycles. The Morgan fingerprint density at radius 1 is 1.41 bits per heavy atom. The summed E-state index contributed by atoms with van der Waals surface area (Å²) in [5.74, 6) is 0.0961. The number of hydrogen-bond acceptors (Lipinski definition) is 3. The number of rotatable bonds is 7. The van der Waals surface area contributed by atoms with Gasteiger partial charge < -0.3 is 10.6 Å². The van der Waals surface area contributed by atoms with E-state index in [-0.39, 0.29) is 11.9 Å². The number of carbonyl (C=O) groups excluding carboxylic acids is 1. The third-order valence-electron chi connectivity index (χ3n) is 2.31. The molecule has 0 saturated carbocycles. The van der Waals surface area contributed by atoms with Crippen LogP contribution in [0, 0.1) is 0 Å². The monoisotopic (exact) mass is 238 g/mol. The second-order valence-electron chi connectivity index (χ2n) is 4.56. The van der Waals surface area contributed by atoms with Crippen molar-refractivity contribution >= 4 is 5.91 Å². The van der Waals surface area contributed by atoms with Crippen LogP contribution < -0.4 is 10.6 Å². The molecule has 1 rings (SSSR count). The lowest BCUT2D eigenvalue weighted by Crippen LogP contribution is -2.36. The molecule has 1 aromatic heterocycles. The Hall–Kier alpha value is -1.36. The summed E-state index contributed by atoms with van der Waals surface area (Å²) < 4.78 is 1.88. The lowest BCUT2D eigenvalue weighted by atomic mass is 10.3. The quantitative estimate of drug-likeness (QED) is 0.738. The summed E-state index contributed by atoms with van der Waals surface area (Å²) in [6.07, 6.45) is 4.22. The first-order valence-electron chi connectivity index (χ1n) is 6.08. The molecule has 96 valence electrons. The van der Waals surface area contributed by atoms with E-state index in [9.17, 15) is 4.79 Å². The van der Waals surface area contributed by atoms with Crippen molar-refractivity contribution in [1.82, 2.24) is 20.4 Å². The van der Waals surface area contributed by atoms with Crippen molar-refractivity contribution in [3.05, 3.63) is 18.5 Å².